The van der Waals surface area contributed by atoms with Gasteiger partial charge in [0, 0.05) is 11.8 Å². The van der Waals surface area contributed by atoms with E-state index in [-0.39, 0.29) is 0 Å². The van der Waals surface area contributed by atoms with Gasteiger partial charge >= 0.3 is 0 Å². The summed E-state index contributed by atoms with van der Waals surface area (Å²) in [7, 11) is 0. The van der Waals surface area contributed by atoms with Crippen molar-refractivity contribution in [2.75, 3.05) is 36.4 Å². The molecule has 1 aromatic heterocycles. The molecule has 3 rings (SSSR count). The lowest BCUT2D eigenvalue weighted by molar-refractivity contribution is -0.364. The van der Waals surface area contributed by atoms with Crippen LogP contribution in [0, 0.1) is 13.8 Å². The number of H-pyrrole nitrogens is 1. The molecule has 0 amide bonds. The zero-order chi connectivity index (χ0) is 16.2. The molecule has 2 N–H and O–H groups in total. The number of anilines is 2. The number of aromatic amines is 1. The van der Waals surface area contributed by atoms with Crippen LogP contribution >= 0.6 is 12.2 Å². The zero-order valence-electron chi connectivity index (χ0n) is 13.7. The lowest BCUT2D eigenvalue weighted by Crippen LogP contribution is -2.51. The Morgan fingerprint density at radius 2 is 1.83 bits per heavy atom. The van der Waals surface area contributed by atoms with E-state index in [1.807, 2.05) is 12.3 Å². The van der Waals surface area contributed by atoms with Gasteiger partial charge in [-0.1, -0.05) is 12.1 Å². The molecule has 0 atom stereocenters. The Labute approximate surface area is 143 Å². The van der Waals surface area contributed by atoms with Gasteiger partial charge < -0.3 is 10.2 Å². The van der Waals surface area contributed by atoms with Crippen molar-refractivity contribution < 1.29 is 4.98 Å². The van der Waals surface area contributed by atoms with E-state index in [9.17, 15) is 0 Å². The Morgan fingerprint density at radius 3 is 2.48 bits per heavy atom. The predicted octanol–water partition coefficient (Wildman–Crippen LogP) is 2.64. The highest BCUT2D eigenvalue weighted by Gasteiger charge is 2.24. The minimum atomic E-state index is 0.810. The number of thiocarbonyl (C=S) groups is 1. The normalized spacial score (nSPS) is 14.7. The third-order valence-electron chi connectivity index (χ3n) is 4.36. The summed E-state index contributed by atoms with van der Waals surface area (Å²) in [5.74, 6) is 1.17. The quantitative estimate of drug-likeness (QED) is 0.860. The number of hydrogen-bond acceptors (Lipinski definition) is 2. The van der Waals surface area contributed by atoms with Crippen LogP contribution in [-0.2, 0) is 0 Å². The van der Waals surface area contributed by atoms with Crippen molar-refractivity contribution in [3.05, 3.63) is 53.7 Å². The average molecular weight is 327 g/mol. The van der Waals surface area contributed by atoms with Crippen molar-refractivity contribution in [2.24, 2.45) is 0 Å². The zero-order valence-corrected chi connectivity index (χ0v) is 14.5. The Balaban J connectivity index is 1.57. The maximum atomic E-state index is 5.58. The number of pyridine rings is 1. The van der Waals surface area contributed by atoms with Crippen LogP contribution in [0.4, 0.5) is 11.5 Å². The Bertz CT molecular complexity index is 679. The second-order valence-corrected chi connectivity index (χ2v) is 6.34. The summed E-state index contributed by atoms with van der Waals surface area (Å²) in [5.41, 5.74) is 3.65. The van der Waals surface area contributed by atoms with E-state index in [4.69, 9.17) is 12.2 Å². The molecule has 1 fully saturated rings. The first-order chi connectivity index (χ1) is 11.1. The molecule has 0 saturated carbocycles. The summed E-state index contributed by atoms with van der Waals surface area (Å²) < 4.78 is 0. The van der Waals surface area contributed by atoms with Crippen LogP contribution in [0.3, 0.4) is 0 Å². The van der Waals surface area contributed by atoms with Crippen LogP contribution in [0.2, 0.25) is 0 Å². The molecular formula is C18H23N4S+. The fourth-order valence-electron chi connectivity index (χ4n) is 2.75. The first-order valence-corrected chi connectivity index (χ1v) is 8.39. The summed E-state index contributed by atoms with van der Waals surface area (Å²) in [6, 6.07) is 12.5. The molecule has 1 aliphatic rings. The number of piperazine rings is 1. The lowest BCUT2D eigenvalue weighted by atomic mass is 10.1. The van der Waals surface area contributed by atoms with Gasteiger partial charge in [-0.05, 0) is 55.4 Å². The van der Waals surface area contributed by atoms with Crippen LogP contribution < -0.4 is 15.2 Å². The van der Waals surface area contributed by atoms with E-state index >= 15 is 0 Å². The highest BCUT2D eigenvalue weighted by molar-refractivity contribution is 7.80. The minimum absolute atomic E-state index is 0.810. The van der Waals surface area contributed by atoms with Crippen LogP contribution in [0.25, 0.3) is 0 Å². The van der Waals surface area contributed by atoms with Crippen LogP contribution in [0.1, 0.15) is 11.1 Å². The van der Waals surface area contributed by atoms with Crippen molar-refractivity contribution in [1.82, 2.24) is 4.90 Å². The van der Waals surface area contributed by atoms with E-state index < -0.39 is 0 Å². The molecule has 5 heteroatoms. The van der Waals surface area contributed by atoms with Crippen LogP contribution in [-0.4, -0.2) is 36.2 Å². The van der Waals surface area contributed by atoms with Gasteiger partial charge in [-0.2, -0.15) is 0 Å². The number of nitrogens with one attached hydrogen (secondary N) is 2. The molecular weight excluding hydrogens is 304 g/mol. The Hall–Kier alpha value is -2.14. The van der Waals surface area contributed by atoms with Crippen molar-refractivity contribution in [2.45, 2.75) is 13.8 Å². The molecule has 2 heterocycles. The molecule has 23 heavy (non-hydrogen) atoms. The summed E-state index contributed by atoms with van der Waals surface area (Å²) >= 11 is 5.58. The van der Waals surface area contributed by atoms with Gasteiger partial charge in [0.2, 0.25) is 0 Å². The van der Waals surface area contributed by atoms with Crippen molar-refractivity contribution in [1.29, 1.82) is 0 Å². The van der Waals surface area contributed by atoms with Gasteiger partial charge in [-0.3, -0.25) is 4.90 Å². The summed E-state index contributed by atoms with van der Waals surface area (Å²) in [6.45, 7) is 8.04. The molecule has 0 spiro atoms. The lowest BCUT2D eigenvalue weighted by Gasteiger charge is -2.32. The monoisotopic (exact) mass is 327 g/mol. The molecule has 1 aliphatic heterocycles. The molecule has 120 valence electrons. The molecule has 1 saturated heterocycles. The largest absolute Gasteiger partial charge is 0.341 e. The molecule has 0 aliphatic carbocycles. The maximum Gasteiger partial charge on any atom is 0.274 e. The SMILES string of the molecule is Cc1ccc(NC(=S)N2CCN(c3cccc[nH+]3)CC2)cc1C. The number of benzene rings is 1. The van der Waals surface area contributed by atoms with E-state index in [0.717, 1.165) is 37.0 Å². The minimum Gasteiger partial charge on any atom is -0.341 e. The fraction of sp³-hybridized carbons (Fsp3) is 0.333. The van der Waals surface area contributed by atoms with Crippen molar-refractivity contribution >= 4 is 28.8 Å². The van der Waals surface area contributed by atoms with Gasteiger partial charge in [0.05, 0.1) is 19.3 Å². The van der Waals surface area contributed by atoms with E-state index in [1.54, 1.807) is 0 Å². The third kappa shape index (κ3) is 3.79. The molecule has 1 aromatic carbocycles. The number of aryl methyl sites for hydroxylation is 2. The molecule has 0 radical (unpaired) electrons. The highest BCUT2D eigenvalue weighted by Crippen LogP contribution is 2.16. The number of nitrogens with zero attached hydrogens (tertiary/aromatic N) is 2. The van der Waals surface area contributed by atoms with Gasteiger partial charge in [-0.25, -0.2) is 4.98 Å². The predicted molar refractivity (Wildman–Crippen MR) is 98.9 cm³/mol. The summed E-state index contributed by atoms with van der Waals surface area (Å²) in [5, 5.41) is 4.18. The third-order valence-corrected chi connectivity index (χ3v) is 4.72. The smallest absolute Gasteiger partial charge is 0.274 e. The number of hydrogen-bond donors (Lipinski definition) is 1. The Kier molecular flexibility index (Phi) is 4.76. The van der Waals surface area contributed by atoms with Gasteiger partial charge in [0.1, 0.15) is 13.1 Å². The second kappa shape index (κ2) is 6.96. The first-order valence-electron chi connectivity index (χ1n) is 7.98. The second-order valence-electron chi connectivity index (χ2n) is 5.95. The number of rotatable bonds is 2. The molecule has 4 nitrogen and oxygen atoms in total. The summed E-state index contributed by atoms with van der Waals surface area (Å²) in [4.78, 5) is 7.89. The fourth-order valence-corrected chi connectivity index (χ4v) is 3.05. The van der Waals surface area contributed by atoms with Crippen molar-refractivity contribution in [3.63, 3.8) is 0 Å². The van der Waals surface area contributed by atoms with E-state index in [1.165, 1.54) is 16.9 Å². The van der Waals surface area contributed by atoms with Gasteiger partial charge in [-0.15, -0.1) is 0 Å². The topological polar surface area (TPSA) is 32.6 Å². The van der Waals surface area contributed by atoms with Gasteiger partial charge in [0.25, 0.3) is 5.82 Å². The molecule has 0 unspecified atom stereocenters. The van der Waals surface area contributed by atoms with Crippen molar-refractivity contribution in [3.8, 4) is 0 Å². The molecule has 0 bridgehead atoms. The van der Waals surface area contributed by atoms with E-state index in [0.29, 0.717) is 0 Å². The summed E-state index contributed by atoms with van der Waals surface area (Å²) in [6.07, 6.45) is 1.97. The average Bonchev–Trinajstić information content (AvgIpc) is 2.59. The Morgan fingerprint density at radius 1 is 1.04 bits per heavy atom. The van der Waals surface area contributed by atoms with Crippen LogP contribution in [0.5, 0.6) is 0 Å². The maximum absolute atomic E-state index is 5.58. The standard InChI is InChI=1S/C18H22N4S/c1-14-6-7-16(13-15(14)2)20-18(23)22-11-9-21(10-12-22)17-5-3-4-8-19-17/h3-8,13H,9-12H2,1-2H3,(H,20,23)/p+1. The van der Waals surface area contributed by atoms with Gasteiger partial charge in [0.15, 0.2) is 5.11 Å². The van der Waals surface area contributed by atoms with Crippen LogP contribution in [0.15, 0.2) is 42.6 Å². The number of aromatic nitrogens is 1. The molecule has 2 aromatic rings. The van der Waals surface area contributed by atoms with E-state index in [2.05, 4.69) is 64.3 Å². The first kappa shape index (κ1) is 15.7. The highest BCUT2D eigenvalue weighted by atomic mass is 32.1.